The minimum absolute atomic E-state index is 0.117. The van der Waals surface area contributed by atoms with Crippen LogP contribution in [0.5, 0.6) is 0 Å². The molecule has 0 amide bonds. The molecule has 0 saturated heterocycles. The summed E-state index contributed by atoms with van der Waals surface area (Å²) in [4.78, 5) is 11.0. The highest BCUT2D eigenvalue weighted by Gasteiger charge is 2.10. The highest BCUT2D eigenvalue weighted by Crippen LogP contribution is 2.10. The van der Waals surface area contributed by atoms with Crippen molar-refractivity contribution in [3.8, 4) is 0 Å². The molecule has 0 aromatic heterocycles. The molecule has 0 fully saturated rings. The Morgan fingerprint density at radius 3 is 1.83 bits per heavy atom. The summed E-state index contributed by atoms with van der Waals surface area (Å²) in [7, 11) is -4.13. The molecule has 108 valence electrons. The van der Waals surface area contributed by atoms with E-state index in [1.54, 1.807) is 0 Å². The van der Waals surface area contributed by atoms with E-state index >= 15 is 0 Å². The van der Waals surface area contributed by atoms with Crippen LogP contribution in [-0.4, -0.2) is 14.4 Å². The van der Waals surface area contributed by atoms with Gasteiger partial charge in [-0.1, -0.05) is 58.3 Å². The molecule has 18 heavy (non-hydrogen) atoms. The van der Waals surface area contributed by atoms with Gasteiger partial charge in [0.15, 0.2) is 0 Å². The number of rotatable bonds is 11. The summed E-state index contributed by atoms with van der Waals surface area (Å²) in [5, 5.41) is 4.58. The van der Waals surface area contributed by atoms with Crippen LogP contribution in [0.4, 0.5) is 0 Å². The second-order valence-corrected chi connectivity index (χ2v) is 5.68. The Labute approximate surface area is 110 Å². The molecule has 0 bridgehead atoms. The van der Waals surface area contributed by atoms with E-state index in [2.05, 4.69) is 16.2 Å². The summed E-state index contributed by atoms with van der Waals surface area (Å²) in [6.45, 7) is 2.20. The maximum atomic E-state index is 11.0. The van der Waals surface area contributed by atoms with Crippen molar-refractivity contribution in [2.75, 3.05) is 0 Å². The highest BCUT2D eigenvalue weighted by atomic mass is 32.2. The third kappa shape index (κ3) is 13.4. The van der Waals surface area contributed by atoms with Gasteiger partial charge in [-0.15, -0.1) is 0 Å². The van der Waals surface area contributed by atoms with Crippen molar-refractivity contribution >= 4 is 16.3 Å². The third-order valence-corrected chi connectivity index (χ3v) is 3.11. The van der Waals surface area contributed by atoms with Crippen molar-refractivity contribution in [1.29, 1.82) is 0 Å². The lowest BCUT2D eigenvalue weighted by atomic mass is 10.1. The van der Waals surface area contributed by atoms with Gasteiger partial charge in [0.2, 0.25) is 0 Å². The predicted molar refractivity (Wildman–Crippen MR) is 71.0 cm³/mol. The Kier molecular flexibility index (Phi) is 9.96. The van der Waals surface area contributed by atoms with Gasteiger partial charge < -0.3 is 4.18 Å². The van der Waals surface area contributed by atoms with E-state index in [1.165, 1.54) is 38.5 Å². The molecule has 0 spiro atoms. The summed E-state index contributed by atoms with van der Waals surface area (Å²) < 4.78 is 24.9. The molecule has 0 aliphatic rings. The molecule has 0 aromatic carbocycles. The van der Waals surface area contributed by atoms with Crippen LogP contribution in [0.15, 0.2) is 0 Å². The highest BCUT2D eigenvalue weighted by molar-refractivity contribution is 7.84. The molecule has 0 radical (unpaired) electrons. The van der Waals surface area contributed by atoms with Gasteiger partial charge >= 0.3 is 16.3 Å². The Hall–Kier alpha value is -0.620. The van der Waals surface area contributed by atoms with Crippen molar-refractivity contribution in [3.05, 3.63) is 0 Å². The van der Waals surface area contributed by atoms with Crippen molar-refractivity contribution < 1.29 is 17.4 Å². The number of hydrogen-bond acceptors (Lipinski definition) is 4. The van der Waals surface area contributed by atoms with E-state index in [1.807, 2.05) is 0 Å². The van der Waals surface area contributed by atoms with Crippen LogP contribution in [-0.2, 0) is 19.3 Å². The second kappa shape index (κ2) is 10.3. The predicted octanol–water partition coefficient (Wildman–Crippen LogP) is 2.65. The summed E-state index contributed by atoms with van der Waals surface area (Å²) >= 11 is 0. The molecular weight excluding hydrogens is 254 g/mol. The first-order chi connectivity index (χ1) is 8.45. The largest absolute Gasteiger partial charge is 0.382 e. The topological polar surface area (TPSA) is 86.5 Å². The van der Waals surface area contributed by atoms with Gasteiger partial charge in [-0.05, 0) is 6.42 Å². The maximum absolute atomic E-state index is 11.0. The molecule has 0 heterocycles. The summed E-state index contributed by atoms with van der Waals surface area (Å²) in [5.74, 6) is -0.763. The zero-order valence-corrected chi connectivity index (χ0v) is 12.0. The number of nitrogens with two attached hydrogens (primary N) is 1. The molecule has 0 saturated carbocycles. The summed E-state index contributed by atoms with van der Waals surface area (Å²) in [6.07, 6.45) is 10.3. The van der Waals surface area contributed by atoms with E-state index in [-0.39, 0.29) is 6.42 Å². The monoisotopic (exact) mass is 279 g/mol. The minimum atomic E-state index is -4.13. The van der Waals surface area contributed by atoms with E-state index in [9.17, 15) is 13.2 Å². The molecule has 5 nitrogen and oxygen atoms in total. The van der Waals surface area contributed by atoms with Gasteiger partial charge in [0.1, 0.15) is 0 Å². The summed E-state index contributed by atoms with van der Waals surface area (Å²) in [5.41, 5.74) is 0. The Morgan fingerprint density at radius 1 is 0.944 bits per heavy atom. The fraction of sp³-hybridized carbons (Fsp3) is 0.917. The van der Waals surface area contributed by atoms with Crippen LogP contribution < -0.4 is 5.14 Å². The van der Waals surface area contributed by atoms with Gasteiger partial charge in [0, 0.05) is 6.42 Å². The van der Waals surface area contributed by atoms with Gasteiger partial charge in [-0.25, -0.2) is 0 Å². The Morgan fingerprint density at radius 2 is 1.39 bits per heavy atom. The fourth-order valence-electron chi connectivity index (χ4n) is 1.75. The lowest BCUT2D eigenvalue weighted by Gasteiger charge is -2.02. The lowest BCUT2D eigenvalue weighted by molar-refractivity contribution is -0.133. The molecule has 6 heteroatoms. The van der Waals surface area contributed by atoms with Gasteiger partial charge in [-0.3, -0.25) is 4.79 Å². The molecule has 0 atom stereocenters. The molecular formula is C12H25NO4S. The third-order valence-electron chi connectivity index (χ3n) is 2.69. The van der Waals surface area contributed by atoms with E-state index < -0.39 is 16.3 Å². The van der Waals surface area contributed by atoms with Crippen molar-refractivity contribution in [3.63, 3.8) is 0 Å². The molecule has 0 aliphatic carbocycles. The number of unbranched alkanes of at least 4 members (excludes halogenated alkanes) is 8. The van der Waals surface area contributed by atoms with Gasteiger partial charge in [0.25, 0.3) is 0 Å². The van der Waals surface area contributed by atoms with Crippen LogP contribution in [0.2, 0.25) is 0 Å². The Balaban J connectivity index is 3.28. The number of hydrogen-bond donors (Lipinski definition) is 1. The Bertz CT molecular complexity index is 314. The van der Waals surface area contributed by atoms with Crippen LogP contribution >= 0.6 is 0 Å². The lowest BCUT2D eigenvalue weighted by Crippen LogP contribution is -2.20. The first-order valence-electron chi connectivity index (χ1n) is 6.70. The fourth-order valence-corrected chi connectivity index (χ4v) is 2.09. The first-order valence-corrected chi connectivity index (χ1v) is 8.18. The zero-order chi connectivity index (χ0) is 13.9. The van der Waals surface area contributed by atoms with Crippen molar-refractivity contribution in [2.45, 2.75) is 71.1 Å². The van der Waals surface area contributed by atoms with Crippen LogP contribution in [0.1, 0.15) is 71.1 Å². The van der Waals surface area contributed by atoms with Crippen LogP contribution in [0.3, 0.4) is 0 Å². The molecule has 2 N–H and O–H groups in total. The zero-order valence-electron chi connectivity index (χ0n) is 11.2. The second-order valence-electron chi connectivity index (χ2n) is 4.53. The standard InChI is InChI=1S/C12H25NO4S/c1-2-3-4-5-6-7-8-9-10-11-12(14)17-18(13,15)16/h2-11H2,1H3,(H2,13,15,16). The van der Waals surface area contributed by atoms with Crippen LogP contribution in [0, 0.1) is 0 Å². The summed E-state index contributed by atoms with van der Waals surface area (Å²) in [6, 6.07) is 0. The molecule has 0 aliphatic heterocycles. The SMILES string of the molecule is CCCCCCCCCCCC(=O)OS(N)(=O)=O. The van der Waals surface area contributed by atoms with Crippen molar-refractivity contribution in [1.82, 2.24) is 0 Å². The number of carbonyl (C=O) groups is 1. The average molecular weight is 279 g/mol. The smallest absolute Gasteiger partial charge is 0.334 e. The van der Waals surface area contributed by atoms with Crippen molar-refractivity contribution in [2.24, 2.45) is 5.14 Å². The molecule has 0 aromatic rings. The minimum Gasteiger partial charge on any atom is -0.334 e. The van der Waals surface area contributed by atoms with E-state index in [0.29, 0.717) is 6.42 Å². The molecule has 0 rings (SSSR count). The van der Waals surface area contributed by atoms with Gasteiger partial charge in [-0.2, -0.15) is 13.6 Å². The number of carbonyl (C=O) groups excluding carboxylic acids is 1. The normalized spacial score (nSPS) is 11.4. The van der Waals surface area contributed by atoms with Crippen LogP contribution in [0.25, 0.3) is 0 Å². The average Bonchev–Trinajstić information content (AvgIpc) is 2.24. The first kappa shape index (κ1) is 17.4. The quantitative estimate of drug-likeness (QED) is 0.589. The maximum Gasteiger partial charge on any atom is 0.382 e. The van der Waals surface area contributed by atoms with Gasteiger partial charge in [0.05, 0.1) is 0 Å². The van der Waals surface area contributed by atoms with E-state index in [4.69, 9.17) is 0 Å². The molecule has 0 unspecified atom stereocenters. The van der Waals surface area contributed by atoms with E-state index in [0.717, 1.165) is 12.8 Å².